The summed E-state index contributed by atoms with van der Waals surface area (Å²) < 4.78 is 11.0. The Morgan fingerprint density at radius 2 is 1.95 bits per heavy atom. The van der Waals surface area contributed by atoms with Crippen molar-refractivity contribution in [3.8, 4) is 22.8 Å². The second-order valence-electron chi connectivity index (χ2n) is 4.73. The van der Waals surface area contributed by atoms with Crippen molar-refractivity contribution in [3.63, 3.8) is 0 Å². The topological polar surface area (TPSA) is 56.3 Å². The fourth-order valence-electron chi connectivity index (χ4n) is 2.14. The van der Waals surface area contributed by atoms with E-state index in [9.17, 15) is 0 Å². The number of ether oxygens (including phenoxy) is 2. The van der Waals surface area contributed by atoms with E-state index >= 15 is 0 Å². The van der Waals surface area contributed by atoms with Gasteiger partial charge in [-0.1, -0.05) is 18.6 Å². The second-order valence-corrected chi connectivity index (χ2v) is 4.73. The molecule has 0 aliphatic carbocycles. The third kappa shape index (κ3) is 3.24. The van der Waals surface area contributed by atoms with Crippen LogP contribution in [0.25, 0.3) is 11.3 Å². The van der Waals surface area contributed by atoms with Gasteiger partial charge in [-0.2, -0.15) is 0 Å². The highest BCUT2D eigenvalue weighted by atomic mass is 16.5. The van der Waals surface area contributed by atoms with Crippen molar-refractivity contribution < 1.29 is 9.47 Å². The first-order valence-corrected chi connectivity index (χ1v) is 6.99. The van der Waals surface area contributed by atoms with Crippen molar-refractivity contribution in [1.29, 1.82) is 0 Å². The number of nitrogens with one attached hydrogen (secondary N) is 1. The summed E-state index contributed by atoms with van der Waals surface area (Å²) in [6.45, 7) is 4.97. The molecule has 0 atom stereocenters. The Bertz CT molecular complexity index is 614. The van der Waals surface area contributed by atoms with E-state index in [4.69, 9.17) is 9.47 Å². The first-order chi connectivity index (χ1) is 10.2. The standard InChI is InChI=1S/C16H21N3O2/c1-5-8-17-16-15(21-4)14(18-10-19-16)12-9-11(2)6-7-13(12)20-3/h6-7,9-10H,5,8H2,1-4H3,(H,17,18,19). The normalized spacial score (nSPS) is 10.3. The molecule has 2 rings (SSSR count). The Morgan fingerprint density at radius 1 is 1.14 bits per heavy atom. The summed E-state index contributed by atoms with van der Waals surface area (Å²) in [5.41, 5.74) is 2.76. The number of hydrogen-bond acceptors (Lipinski definition) is 5. The molecule has 1 heterocycles. The summed E-state index contributed by atoms with van der Waals surface area (Å²) in [5.74, 6) is 2.10. The van der Waals surface area contributed by atoms with Gasteiger partial charge in [0.15, 0.2) is 11.6 Å². The molecule has 1 aromatic carbocycles. The van der Waals surface area contributed by atoms with Gasteiger partial charge in [0.05, 0.1) is 14.2 Å². The van der Waals surface area contributed by atoms with Gasteiger partial charge in [-0.15, -0.1) is 0 Å². The van der Waals surface area contributed by atoms with E-state index in [1.807, 2.05) is 25.1 Å². The smallest absolute Gasteiger partial charge is 0.187 e. The number of anilines is 1. The van der Waals surface area contributed by atoms with Gasteiger partial charge in [0.1, 0.15) is 17.8 Å². The summed E-state index contributed by atoms with van der Waals surface area (Å²) in [6.07, 6.45) is 2.55. The zero-order chi connectivity index (χ0) is 15.2. The molecule has 2 aromatic rings. The number of rotatable bonds is 6. The van der Waals surface area contributed by atoms with E-state index in [0.29, 0.717) is 11.6 Å². The summed E-state index contributed by atoms with van der Waals surface area (Å²) >= 11 is 0. The zero-order valence-corrected chi connectivity index (χ0v) is 12.9. The molecule has 0 aliphatic rings. The summed E-state index contributed by atoms with van der Waals surface area (Å²) in [4.78, 5) is 8.65. The van der Waals surface area contributed by atoms with Crippen LogP contribution >= 0.6 is 0 Å². The van der Waals surface area contributed by atoms with Crippen molar-refractivity contribution >= 4 is 5.82 Å². The van der Waals surface area contributed by atoms with E-state index in [-0.39, 0.29) is 0 Å². The lowest BCUT2D eigenvalue weighted by molar-refractivity contribution is 0.408. The van der Waals surface area contributed by atoms with Crippen LogP contribution in [0, 0.1) is 6.92 Å². The highest BCUT2D eigenvalue weighted by Gasteiger charge is 2.17. The van der Waals surface area contributed by atoms with Crippen molar-refractivity contribution in [3.05, 3.63) is 30.1 Å². The molecule has 1 aromatic heterocycles. The van der Waals surface area contributed by atoms with Crippen LogP contribution in [0.2, 0.25) is 0 Å². The van der Waals surface area contributed by atoms with Gasteiger partial charge < -0.3 is 14.8 Å². The molecule has 5 heteroatoms. The summed E-state index contributed by atoms with van der Waals surface area (Å²) in [6, 6.07) is 5.98. The SMILES string of the molecule is CCCNc1ncnc(-c2cc(C)ccc2OC)c1OC. The Balaban J connectivity index is 2.55. The number of benzene rings is 1. The number of aryl methyl sites for hydroxylation is 1. The molecular formula is C16H21N3O2. The van der Waals surface area contributed by atoms with Crippen molar-refractivity contribution in [2.24, 2.45) is 0 Å². The number of nitrogens with zero attached hydrogens (tertiary/aromatic N) is 2. The maximum atomic E-state index is 5.52. The van der Waals surface area contributed by atoms with E-state index in [0.717, 1.165) is 35.5 Å². The van der Waals surface area contributed by atoms with Crippen LogP contribution < -0.4 is 14.8 Å². The van der Waals surface area contributed by atoms with Crippen LogP contribution in [0.3, 0.4) is 0 Å². The van der Waals surface area contributed by atoms with Gasteiger partial charge in [-0.05, 0) is 25.5 Å². The van der Waals surface area contributed by atoms with E-state index < -0.39 is 0 Å². The first-order valence-electron chi connectivity index (χ1n) is 6.99. The van der Waals surface area contributed by atoms with Gasteiger partial charge in [0, 0.05) is 12.1 Å². The monoisotopic (exact) mass is 287 g/mol. The summed E-state index contributed by atoms with van der Waals surface area (Å²) in [5, 5.41) is 3.26. The van der Waals surface area contributed by atoms with Gasteiger partial charge in [0.2, 0.25) is 0 Å². The molecule has 0 radical (unpaired) electrons. The van der Waals surface area contributed by atoms with Crippen LogP contribution in [0.15, 0.2) is 24.5 Å². The molecule has 0 fully saturated rings. The fourth-order valence-corrected chi connectivity index (χ4v) is 2.14. The first kappa shape index (κ1) is 15.1. The molecule has 0 unspecified atom stereocenters. The average Bonchev–Trinajstić information content (AvgIpc) is 2.52. The van der Waals surface area contributed by atoms with Gasteiger partial charge in [-0.25, -0.2) is 9.97 Å². The predicted molar refractivity (Wildman–Crippen MR) is 84.1 cm³/mol. The molecular weight excluding hydrogens is 266 g/mol. The lowest BCUT2D eigenvalue weighted by Gasteiger charge is -2.15. The minimum atomic E-state index is 0.634. The zero-order valence-electron chi connectivity index (χ0n) is 12.9. The largest absolute Gasteiger partial charge is 0.496 e. The van der Waals surface area contributed by atoms with E-state index in [1.54, 1.807) is 14.2 Å². The highest BCUT2D eigenvalue weighted by molar-refractivity contribution is 5.77. The maximum Gasteiger partial charge on any atom is 0.187 e. The molecule has 0 bridgehead atoms. The van der Waals surface area contributed by atoms with Crippen LogP contribution in [0.5, 0.6) is 11.5 Å². The van der Waals surface area contributed by atoms with Gasteiger partial charge in [0.25, 0.3) is 0 Å². The number of hydrogen-bond donors (Lipinski definition) is 1. The molecule has 1 N–H and O–H groups in total. The molecule has 21 heavy (non-hydrogen) atoms. The quantitative estimate of drug-likeness (QED) is 0.883. The van der Waals surface area contributed by atoms with Crippen molar-refractivity contribution in [2.75, 3.05) is 26.1 Å². The Hall–Kier alpha value is -2.30. The predicted octanol–water partition coefficient (Wildman–Crippen LogP) is 3.29. The van der Waals surface area contributed by atoms with E-state index in [2.05, 4.69) is 22.2 Å². The summed E-state index contributed by atoms with van der Waals surface area (Å²) in [7, 11) is 3.28. The molecule has 0 saturated heterocycles. The minimum absolute atomic E-state index is 0.634. The molecule has 0 aliphatic heterocycles. The van der Waals surface area contributed by atoms with Gasteiger partial charge >= 0.3 is 0 Å². The molecule has 0 amide bonds. The third-order valence-corrected chi connectivity index (χ3v) is 3.16. The maximum absolute atomic E-state index is 5.52. The number of methoxy groups -OCH3 is 2. The molecule has 5 nitrogen and oxygen atoms in total. The van der Waals surface area contributed by atoms with Crippen LogP contribution in [0.1, 0.15) is 18.9 Å². The van der Waals surface area contributed by atoms with E-state index in [1.165, 1.54) is 6.33 Å². The lowest BCUT2D eigenvalue weighted by Crippen LogP contribution is -2.06. The second kappa shape index (κ2) is 6.92. The Kier molecular flexibility index (Phi) is 4.98. The Morgan fingerprint density at radius 3 is 2.62 bits per heavy atom. The van der Waals surface area contributed by atoms with Crippen LogP contribution in [0.4, 0.5) is 5.82 Å². The molecule has 0 saturated carbocycles. The minimum Gasteiger partial charge on any atom is -0.496 e. The van der Waals surface area contributed by atoms with Crippen molar-refractivity contribution in [1.82, 2.24) is 9.97 Å². The number of aromatic nitrogens is 2. The third-order valence-electron chi connectivity index (χ3n) is 3.16. The lowest BCUT2D eigenvalue weighted by atomic mass is 10.1. The fraction of sp³-hybridized carbons (Fsp3) is 0.375. The Labute approximate surface area is 125 Å². The molecule has 0 spiro atoms. The average molecular weight is 287 g/mol. The van der Waals surface area contributed by atoms with Gasteiger partial charge in [-0.3, -0.25) is 0 Å². The van der Waals surface area contributed by atoms with Crippen molar-refractivity contribution in [2.45, 2.75) is 20.3 Å². The van der Waals surface area contributed by atoms with Crippen LogP contribution in [-0.2, 0) is 0 Å². The van der Waals surface area contributed by atoms with Crippen LogP contribution in [-0.4, -0.2) is 30.7 Å². The highest BCUT2D eigenvalue weighted by Crippen LogP contribution is 2.38. The molecule has 112 valence electrons.